The molecule has 0 fully saturated rings. The van der Waals surface area contributed by atoms with Gasteiger partial charge in [-0.2, -0.15) is 0 Å². The van der Waals surface area contributed by atoms with E-state index in [1.807, 2.05) is 5.32 Å². The summed E-state index contributed by atoms with van der Waals surface area (Å²) in [7, 11) is -0.701. The first-order valence-electron chi connectivity index (χ1n) is 5.43. The number of aliphatic hydroxyl groups excluding tert-OH is 1. The molecule has 10 heteroatoms. The lowest BCUT2D eigenvalue weighted by molar-refractivity contribution is -0.141. The molecule has 0 aliphatic rings. The van der Waals surface area contributed by atoms with Crippen LogP contribution in [0.5, 0.6) is 0 Å². The molecule has 2 atom stereocenters. The Morgan fingerprint density at radius 1 is 1.32 bits per heavy atom. The molecule has 0 saturated carbocycles. The van der Waals surface area contributed by atoms with Gasteiger partial charge >= 0.3 is 12.0 Å². The Kier molecular flexibility index (Phi) is 6.73. The Labute approximate surface area is 111 Å². The number of amides is 2. The van der Waals surface area contributed by atoms with Gasteiger partial charge in [0, 0.05) is 20.6 Å². The maximum absolute atomic E-state index is 11.4. The van der Waals surface area contributed by atoms with Gasteiger partial charge in [0.05, 0.1) is 11.9 Å². The quantitative estimate of drug-likeness (QED) is 0.429. The lowest BCUT2D eigenvalue weighted by atomic mass is 10.2. The topological polar surface area (TPSA) is 136 Å². The van der Waals surface area contributed by atoms with Crippen LogP contribution >= 0.6 is 0 Å². The normalized spacial score (nSPS) is 14.8. The first kappa shape index (κ1) is 17.6. The molecule has 0 spiro atoms. The predicted octanol–water partition coefficient (Wildman–Crippen LogP) is -1.99. The van der Waals surface area contributed by atoms with E-state index < -0.39 is 34.2 Å². The molecular weight excluding hydrogens is 278 g/mol. The van der Waals surface area contributed by atoms with Gasteiger partial charge in [-0.3, -0.25) is 0 Å². The van der Waals surface area contributed by atoms with E-state index in [2.05, 4.69) is 5.32 Å². The van der Waals surface area contributed by atoms with Crippen LogP contribution in [0.3, 0.4) is 0 Å². The van der Waals surface area contributed by atoms with Crippen molar-refractivity contribution in [3.8, 4) is 0 Å². The van der Waals surface area contributed by atoms with Crippen molar-refractivity contribution in [3.63, 3.8) is 0 Å². The zero-order valence-electron chi connectivity index (χ0n) is 11.0. The first-order valence-corrected chi connectivity index (χ1v) is 7.04. The summed E-state index contributed by atoms with van der Waals surface area (Å²) in [4.78, 5) is 22.0. The molecule has 2 amide bonds. The van der Waals surface area contributed by atoms with Crippen LogP contribution in [0.1, 0.15) is 6.92 Å². The number of urea groups is 1. The Morgan fingerprint density at radius 2 is 1.84 bits per heavy atom. The molecule has 0 rings (SSSR count). The minimum absolute atomic E-state index is 0.168. The summed E-state index contributed by atoms with van der Waals surface area (Å²) >= 11 is 0. The number of carbonyl (C=O) groups is 2. The van der Waals surface area contributed by atoms with E-state index in [1.165, 1.54) is 21.0 Å². The van der Waals surface area contributed by atoms with Crippen LogP contribution in [0.2, 0.25) is 0 Å². The van der Waals surface area contributed by atoms with Gasteiger partial charge in [-0.1, -0.05) is 0 Å². The SMILES string of the molecule is C[C@@H](O)[C@H](NC(=O)NCCS(=O)(=O)N(C)C)C(=O)O. The van der Waals surface area contributed by atoms with Crippen LogP contribution in [0.15, 0.2) is 0 Å². The number of hydrogen-bond acceptors (Lipinski definition) is 5. The molecule has 0 aliphatic carbocycles. The van der Waals surface area contributed by atoms with Crippen LogP contribution < -0.4 is 10.6 Å². The van der Waals surface area contributed by atoms with Crippen molar-refractivity contribution in [2.45, 2.75) is 19.1 Å². The minimum Gasteiger partial charge on any atom is -0.480 e. The second kappa shape index (κ2) is 7.26. The summed E-state index contributed by atoms with van der Waals surface area (Å²) in [5.74, 6) is -1.69. The monoisotopic (exact) mass is 297 g/mol. The van der Waals surface area contributed by atoms with Crippen molar-refractivity contribution in [2.75, 3.05) is 26.4 Å². The molecule has 112 valence electrons. The molecule has 0 aromatic heterocycles. The zero-order chi connectivity index (χ0) is 15.2. The van der Waals surface area contributed by atoms with Gasteiger partial charge in [0.25, 0.3) is 0 Å². The largest absolute Gasteiger partial charge is 0.480 e. The van der Waals surface area contributed by atoms with Gasteiger partial charge in [-0.25, -0.2) is 22.3 Å². The fourth-order valence-electron chi connectivity index (χ4n) is 1.06. The number of nitrogens with zero attached hydrogens (tertiary/aromatic N) is 1. The summed E-state index contributed by atoms with van der Waals surface area (Å²) in [5.41, 5.74) is 0. The number of nitrogens with one attached hydrogen (secondary N) is 2. The van der Waals surface area contributed by atoms with Gasteiger partial charge in [0.1, 0.15) is 0 Å². The maximum Gasteiger partial charge on any atom is 0.328 e. The fourth-order valence-corrected chi connectivity index (χ4v) is 1.78. The highest BCUT2D eigenvalue weighted by Gasteiger charge is 2.25. The number of hydrogen-bond donors (Lipinski definition) is 4. The predicted molar refractivity (Wildman–Crippen MR) is 67.1 cm³/mol. The standard InChI is InChI=1S/C9H19N3O6S/c1-6(13)7(8(14)15)11-9(16)10-4-5-19(17,18)12(2)3/h6-7,13H,4-5H2,1-3H3,(H,14,15)(H2,10,11,16)/t6-,7+/m1/s1. The van der Waals surface area contributed by atoms with E-state index in [9.17, 15) is 18.0 Å². The van der Waals surface area contributed by atoms with Gasteiger partial charge in [-0.15, -0.1) is 0 Å². The highest BCUT2D eigenvalue weighted by atomic mass is 32.2. The molecule has 4 N–H and O–H groups in total. The summed E-state index contributed by atoms with van der Waals surface area (Å²) < 4.78 is 23.8. The van der Waals surface area contributed by atoms with E-state index in [0.29, 0.717) is 0 Å². The molecule has 0 aromatic carbocycles. The van der Waals surface area contributed by atoms with Crippen molar-refractivity contribution in [1.29, 1.82) is 0 Å². The van der Waals surface area contributed by atoms with E-state index in [0.717, 1.165) is 4.31 Å². The van der Waals surface area contributed by atoms with E-state index in [4.69, 9.17) is 10.2 Å². The average Bonchev–Trinajstić information content (AvgIpc) is 2.24. The van der Waals surface area contributed by atoms with Gasteiger partial charge in [0.2, 0.25) is 10.0 Å². The van der Waals surface area contributed by atoms with Crippen LogP contribution in [-0.2, 0) is 14.8 Å². The Bertz CT molecular complexity index is 420. The van der Waals surface area contributed by atoms with Gasteiger partial charge < -0.3 is 20.8 Å². The van der Waals surface area contributed by atoms with Crippen molar-refractivity contribution in [1.82, 2.24) is 14.9 Å². The maximum atomic E-state index is 11.4. The van der Waals surface area contributed by atoms with Crippen LogP contribution in [-0.4, -0.2) is 73.5 Å². The molecule has 0 aliphatic heterocycles. The third-order valence-corrected chi connectivity index (χ3v) is 4.07. The first-order chi connectivity index (χ1) is 8.58. The molecule has 0 saturated heterocycles. The van der Waals surface area contributed by atoms with Crippen LogP contribution in [0.25, 0.3) is 0 Å². The Hall–Kier alpha value is -1.39. The number of carboxylic acid groups (broad SMARTS) is 1. The lowest BCUT2D eigenvalue weighted by Crippen LogP contribution is -2.51. The molecule has 0 heterocycles. The fraction of sp³-hybridized carbons (Fsp3) is 0.778. The van der Waals surface area contributed by atoms with E-state index in [-0.39, 0.29) is 12.3 Å². The second-order valence-corrected chi connectivity index (χ2v) is 6.36. The molecule has 0 radical (unpaired) electrons. The molecule has 19 heavy (non-hydrogen) atoms. The lowest BCUT2D eigenvalue weighted by Gasteiger charge is -2.17. The molecule has 0 aromatic rings. The summed E-state index contributed by atoms with van der Waals surface area (Å²) in [6, 6.07) is -2.31. The molecule has 0 bridgehead atoms. The average molecular weight is 297 g/mol. The van der Waals surface area contributed by atoms with E-state index >= 15 is 0 Å². The summed E-state index contributed by atoms with van der Waals surface area (Å²) in [6.45, 7) is 1.05. The van der Waals surface area contributed by atoms with Gasteiger partial charge in [-0.05, 0) is 6.92 Å². The second-order valence-electron chi connectivity index (χ2n) is 4.06. The molecular formula is C9H19N3O6S. The van der Waals surface area contributed by atoms with Crippen LogP contribution in [0.4, 0.5) is 4.79 Å². The molecule has 9 nitrogen and oxygen atoms in total. The number of carboxylic acids is 1. The van der Waals surface area contributed by atoms with Crippen molar-refractivity contribution in [3.05, 3.63) is 0 Å². The number of carbonyl (C=O) groups excluding carboxylic acids is 1. The molecule has 0 unspecified atom stereocenters. The highest BCUT2D eigenvalue weighted by molar-refractivity contribution is 7.89. The minimum atomic E-state index is -3.43. The van der Waals surface area contributed by atoms with E-state index in [1.54, 1.807) is 0 Å². The smallest absolute Gasteiger partial charge is 0.328 e. The summed E-state index contributed by atoms with van der Waals surface area (Å²) in [5, 5.41) is 22.1. The van der Waals surface area contributed by atoms with Crippen molar-refractivity contribution >= 4 is 22.0 Å². The Balaban J connectivity index is 4.24. The number of rotatable bonds is 7. The third kappa shape index (κ3) is 6.36. The Morgan fingerprint density at radius 3 is 2.21 bits per heavy atom. The summed E-state index contributed by atoms with van der Waals surface area (Å²) in [6.07, 6.45) is -1.27. The number of sulfonamides is 1. The van der Waals surface area contributed by atoms with Crippen molar-refractivity contribution < 1.29 is 28.2 Å². The number of aliphatic hydroxyl groups is 1. The highest BCUT2D eigenvalue weighted by Crippen LogP contribution is 1.94. The zero-order valence-corrected chi connectivity index (χ0v) is 11.8. The van der Waals surface area contributed by atoms with Crippen LogP contribution in [0, 0.1) is 0 Å². The third-order valence-electron chi connectivity index (χ3n) is 2.24. The van der Waals surface area contributed by atoms with Crippen molar-refractivity contribution in [2.24, 2.45) is 0 Å². The number of aliphatic carboxylic acids is 1. The van der Waals surface area contributed by atoms with Gasteiger partial charge in [0.15, 0.2) is 6.04 Å².